The Morgan fingerprint density at radius 3 is 2.83 bits per heavy atom. The summed E-state index contributed by atoms with van der Waals surface area (Å²) in [5.41, 5.74) is 8.45. The van der Waals surface area contributed by atoms with Gasteiger partial charge in [-0.3, -0.25) is 5.41 Å². The van der Waals surface area contributed by atoms with E-state index in [9.17, 15) is 0 Å². The fourth-order valence-electron chi connectivity index (χ4n) is 0.938. The van der Waals surface area contributed by atoms with Gasteiger partial charge in [-0.15, -0.1) is 0 Å². The van der Waals surface area contributed by atoms with E-state index in [-0.39, 0.29) is 5.96 Å². The van der Waals surface area contributed by atoms with E-state index >= 15 is 0 Å². The lowest BCUT2D eigenvalue weighted by Gasteiger charge is -2.03. The van der Waals surface area contributed by atoms with Crippen LogP contribution in [0.4, 0.5) is 0 Å². The summed E-state index contributed by atoms with van der Waals surface area (Å²) < 4.78 is 4.96. The van der Waals surface area contributed by atoms with Crippen molar-refractivity contribution in [1.29, 1.82) is 5.41 Å². The monoisotopic (exact) mass is 170 g/mol. The van der Waals surface area contributed by atoms with Crippen LogP contribution in [0.25, 0.3) is 0 Å². The van der Waals surface area contributed by atoms with E-state index in [4.69, 9.17) is 15.9 Å². The quantitative estimate of drug-likeness (QED) is 0.312. The van der Waals surface area contributed by atoms with Crippen molar-refractivity contribution < 1.29 is 4.74 Å². The van der Waals surface area contributed by atoms with Crippen molar-refractivity contribution in [3.63, 3.8) is 0 Å². The lowest BCUT2D eigenvalue weighted by molar-refractivity contribution is 0.242. The van der Waals surface area contributed by atoms with Crippen LogP contribution < -0.4 is 11.2 Å². The van der Waals surface area contributed by atoms with Crippen LogP contribution in [0.5, 0.6) is 0 Å². The van der Waals surface area contributed by atoms with E-state index in [1.165, 1.54) is 12.8 Å². The molecule has 1 aliphatic rings. The fourth-order valence-corrected chi connectivity index (χ4v) is 0.938. The van der Waals surface area contributed by atoms with Crippen LogP contribution >= 0.6 is 0 Å². The molecule has 1 saturated carbocycles. The van der Waals surface area contributed by atoms with Gasteiger partial charge in [0.05, 0.1) is 12.3 Å². The van der Waals surface area contributed by atoms with Crippen LogP contribution in [0.15, 0.2) is 5.10 Å². The molecule has 5 nitrogen and oxygen atoms in total. The van der Waals surface area contributed by atoms with Crippen LogP contribution in [0.1, 0.15) is 12.8 Å². The number of nitrogens with two attached hydrogens (primary N) is 1. The smallest absolute Gasteiger partial charge is 0.206 e. The first-order chi connectivity index (χ1) is 5.74. The highest BCUT2D eigenvalue weighted by molar-refractivity contribution is 5.90. The Bertz CT molecular complexity index is 198. The van der Waals surface area contributed by atoms with Crippen LogP contribution in [0.2, 0.25) is 0 Å². The molecule has 0 aliphatic heterocycles. The second kappa shape index (κ2) is 4.06. The molecule has 1 rings (SSSR count). The molecule has 0 atom stereocenters. The standard InChI is InChI=1S/C7H14N4O/c1-12-4-6(5-2-3-5)10-11-7(8)9/h5H,2-4H2,1H3,(H4,8,9,11). The number of nitrogens with one attached hydrogen (secondary N) is 2. The van der Waals surface area contributed by atoms with Gasteiger partial charge in [-0.1, -0.05) is 0 Å². The van der Waals surface area contributed by atoms with E-state index in [2.05, 4.69) is 10.5 Å². The highest BCUT2D eigenvalue weighted by Gasteiger charge is 2.27. The fraction of sp³-hybridized carbons (Fsp3) is 0.714. The van der Waals surface area contributed by atoms with Gasteiger partial charge in [0, 0.05) is 13.0 Å². The Morgan fingerprint density at radius 2 is 2.42 bits per heavy atom. The van der Waals surface area contributed by atoms with Crippen molar-refractivity contribution in [3.8, 4) is 0 Å². The Labute approximate surface area is 71.5 Å². The Morgan fingerprint density at radius 1 is 1.75 bits per heavy atom. The van der Waals surface area contributed by atoms with Crippen LogP contribution in [-0.2, 0) is 4.74 Å². The summed E-state index contributed by atoms with van der Waals surface area (Å²) in [6.45, 7) is 0.519. The zero-order valence-corrected chi connectivity index (χ0v) is 7.13. The number of hydrogen-bond donors (Lipinski definition) is 3. The highest BCUT2D eigenvalue weighted by Crippen LogP contribution is 2.30. The third-order valence-corrected chi connectivity index (χ3v) is 1.66. The molecule has 12 heavy (non-hydrogen) atoms. The minimum absolute atomic E-state index is 0.135. The van der Waals surface area contributed by atoms with Crippen molar-refractivity contribution in [3.05, 3.63) is 0 Å². The molecule has 0 bridgehead atoms. The average Bonchev–Trinajstić information content (AvgIpc) is 2.79. The molecule has 0 heterocycles. The Hall–Kier alpha value is -1.10. The number of guanidine groups is 1. The van der Waals surface area contributed by atoms with Crippen molar-refractivity contribution in [2.75, 3.05) is 13.7 Å². The maximum absolute atomic E-state index is 6.90. The lowest BCUT2D eigenvalue weighted by Crippen LogP contribution is -2.28. The summed E-state index contributed by atoms with van der Waals surface area (Å²) in [7, 11) is 1.63. The first-order valence-electron chi connectivity index (χ1n) is 3.89. The number of methoxy groups -OCH3 is 1. The van der Waals surface area contributed by atoms with Gasteiger partial charge in [0.2, 0.25) is 5.96 Å². The number of hydrazone groups is 1. The summed E-state index contributed by atoms with van der Waals surface area (Å²) in [5.74, 6) is 0.404. The van der Waals surface area contributed by atoms with Gasteiger partial charge in [-0.25, -0.2) is 5.43 Å². The topological polar surface area (TPSA) is 83.5 Å². The molecular formula is C7H14N4O. The number of ether oxygens (including phenoxy) is 1. The predicted molar refractivity (Wildman–Crippen MR) is 47.1 cm³/mol. The molecule has 0 amide bonds. The highest BCUT2D eigenvalue weighted by atomic mass is 16.5. The second-order valence-corrected chi connectivity index (χ2v) is 2.84. The molecule has 0 saturated heterocycles. The zero-order chi connectivity index (χ0) is 8.97. The van der Waals surface area contributed by atoms with E-state index < -0.39 is 0 Å². The maximum atomic E-state index is 6.90. The van der Waals surface area contributed by atoms with Crippen LogP contribution in [0.3, 0.4) is 0 Å². The summed E-state index contributed by atoms with van der Waals surface area (Å²) in [5, 5.41) is 10.9. The summed E-state index contributed by atoms with van der Waals surface area (Å²) in [4.78, 5) is 0. The van der Waals surface area contributed by atoms with Crippen molar-refractivity contribution in [2.24, 2.45) is 16.8 Å². The van der Waals surface area contributed by atoms with Gasteiger partial charge >= 0.3 is 0 Å². The third-order valence-electron chi connectivity index (χ3n) is 1.66. The molecule has 68 valence electrons. The van der Waals surface area contributed by atoms with Gasteiger partial charge < -0.3 is 10.5 Å². The van der Waals surface area contributed by atoms with Crippen LogP contribution in [0, 0.1) is 11.3 Å². The molecule has 1 aliphatic carbocycles. The molecule has 1 fully saturated rings. The molecular weight excluding hydrogens is 156 g/mol. The van der Waals surface area contributed by atoms with E-state index in [1.807, 2.05) is 0 Å². The zero-order valence-electron chi connectivity index (χ0n) is 7.13. The minimum Gasteiger partial charge on any atom is -0.379 e. The molecule has 0 aromatic carbocycles. The number of rotatable bonds is 4. The van der Waals surface area contributed by atoms with Crippen molar-refractivity contribution in [1.82, 2.24) is 5.43 Å². The maximum Gasteiger partial charge on any atom is 0.206 e. The summed E-state index contributed by atoms with van der Waals surface area (Å²) in [6.07, 6.45) is 2.34. The van der Waals surface area contributed by atoms with E-state index in [1.54, 1.807) is 7.11 Å². The largest absolute Gasteiger partial charge is 0.379 e. The van der Waals surface area contributed by atoms with Gasteiger partial charge in [0.25, 0.3) is 0 Å². The second-order valence-electron chi connectivity index (χ2n) is 2.84. The Balaban J connectivity index is 2.39. The average molecular weight is 170 g/mol. The van der Waals surface area contributed by atoms with Crippen LogP contribution in [-0.4, -0.2) is 25.4 Å². The molecule has 5 heteroatoms. The lowest BCUT2D eigenvalue weighted by atomic mass is 10.3. The Kier molecular flexibility index (Phi) is 3.04. The van der Waals surface area contributed by atoms with E-state index in [0.29, 0.717) is 12.5 Å². The first-order valence-corrected chi connectivity index (χ1v) is 3.89. The van der Waals surface area contributed by atoms with E-state index in [0.717, 1.165) is 5.71 Å². The normalized spacial score (nSPS) is 17.6. The summed E-state index contributed by atoms with van der Waals surface area (Å²) >= 11 is 0. The van der Waals surface area contributed by atoms with Crippen molar-refractivity contribution >= 4 is 11.7 Å². The van der Waals surface area contributed by atoms with Gasteiger partial charge in [0.15, 0.2) is 0 Å². The summed E-state index contributed by atoms with van der Waals surface area (Å²) in [6, 6.07) is 0. The third kappa shape index (κ3) is 2.87. The van der Waals surface area contributed by atoms with Gasteiger partial charge in [0.1, 0.15) is 0 Å². The molecule has 0 spiro atoms. The predicted octanol–water partition coefficient (Wildman–Crippen LogP) is -0.118. The minimum atomic E-state index is -0.135. The number of hydrogen-bond acceptors (Lipinski definition) is 3. The number of nitrogens with zero attached hydrogens (tertiary/aromatic N) is 1. The molecule has 0 radical (unpaired) electrons. The molecule has 4 N–H and O–H groups in total. The molecule has 0 aromatic rings. The molecule has 0 unspecified atom stereocenters. The molecule has 0 aromatic heterocycles. The van der Waals surface area contributed by atoms with Crippen molar-refractivity contribution in [2.45, 2.75) is 12.8 Å². The SMILES string of the molecule is COCC(=NNC(=N)N)C1CC1. The van der Waals surface area contributed by atoms with Gasteiger partial charge in [-0.05, 0) is 12.8 Å². The van der Waals surface area contributed by atoms with Gasteiger partial charge in [-0.2, -0.15) is 5.10 Å². The first kappa shape index (κ1) is 8.99.